The van der Waals surface area contributed by atoms with E-state index in [-0.39, 0.29) is 4.83 Å². The number of nitrogens with one attached hydrogen (secondary N) is 1. The molecular formula is C8H15BrN2. The lowest BCUT2D eigenvalue weighted by atomic mass is 10.2. The molecule has 0 aromatic rings. The molecule has 3 heteroatoms. The number of nitriles is 1. The smallest absolute Gasteiger partial charge is 0.114 e. The van der Waals surface area contributed by atoms with Gasteiger partial charge in [0, 0.05) is 6.54 Å². The Morgan fingerprint density at radius 2 is 2.27 bits per heavy atom. The highest BCUT2D eigenvalue weighted by molar-refractivity contribution is 9.09. The van der Waals surface area contributed by atoms with Gasteiger partial charge in [-0.05, 0) is 13.0 Å². The predicted molar refractivity (Wildman–Crippen MR) is 50.7 cm³/mol. The summed E-state index contributed by atoms with van der Waals surface area (Å²) in [6, 6.07) is 2.11. The molecule has 1 unspecified atom stereocenters. The summed E-state index contributed by atoms with van der Waals surface area (Å²) in [6.07, 6.45) is 3.73. The van der Waals surface area contributed by atoms with Gasteiger partial charge in [0.2, 0.25) is 0 Å². The quantitative estimate of drug-likeness (QED) is 0.548. The molecule has 0 rings (SSSR count). The van der Waals surface area contributed by atoms with Crippen LogP contribution in [0.5, 0.6) is 0 Å². The SMILES string of the molecule is CCCCCNCC(Br)C#N. The van der Waals surface area contributed by atoms with Gasteiger partial charge in [-0.1, -0.05) is 35.7 Å². The molecule has 64 valence electrons. The first-order valence-corrected chi connectivity index (χ1v) is 4.97. The van der Waals surface area contributed by atoms with Crippen LogP contribution in [0.3, 0.4) is 0 Å². The van der Waals surface area contributed by atoms with Gasteiger partial charge in [0.15, 0.2) is 0 Å². The Balaban J connectivity index is 2.97. The monoisotopic (exact) mass is 218 g/mol. The molecule has 0 aromatic heterocycles. The number of hydrogen-bond acceptors (Lipinski definition) is 2. The lowest BCUT2D eigenvalue weighted by molar-refractivity contribution is 0.626. The summed E-state index contributed by atoms with van der Waals surface area (Å²) in [5.74, 6) is 0. The minimum atomic E-state index is -0.0378. The molecule has 0 bridgehead atoms. The van der Waals surface area contributed by atoms with E-state index in [9.17, 15) is 0 Å². The first-order valence-electron chi connectivity index (χ1n) is 4.05. The van der Waals surface area contributed by atoms with Gasteiger partial charge in [0.05, 0.1) is 6.07 Å². The zero-order valence-corrected chi connectivity index (χ0v) is 8.52. The fraction of sp³-hybridized carbons (Fsp3) is 0.875. The molecule has 0 saturated carbocycles. The van der Waals surface area contributed by atoms with Crippen molar-refractivity contribution in [3.8, 4) is 6.07 Å². The standard InChI is InChI=1S/C8H15BrN2/c1-2-3-4-5-11-7-8(9)6-10/h8,11H,2-5,7H2,1H3. The Hall–Kier alpha value is -0.0700. The molecule has 11 heavy (non-hydrogen) atoms. The van der Waals surface area contributed by atoms with Gasteiger partial charge in [-0.25, -0.2) is 0 Å². The first kappa shape index (κ1) is 10.9. The average Bonchev–Trinajstić information content (AvgIpc) is 2.04. The Morgan fingerprint density at radius 1 is 1.55 bits per heavy atom. The minimum Gasteiger partial charge on any atom is -0.315 e. The summed E-state index contributed by atoms with van der Waals surface area (Å²) in [5, 5.41) is 11.6. The molecule has 0 radical (unpaired) electrons. The van der Waals surface area contributed by atoms with Crippen LogP contribution in [0.4, 0.5) is 0 Å². The summed E-state index contributed by atoms with van der Waals surface area (Å²) in [6.45, 7) is 3.96. The molecule has 0 amide bonds. The van der Waals surface area contributed by atoms with E-state index in [1.165, 1.54) is 19.3 Å². The highest BCUT2D eigenvalue weighted by atomic mass is 79.9. The molecular weight excluding hydrogens is 204 g/mol. The molecule has 0 aliphatic carbocycles. The topological polar surface area (TPSA) is 35.8 Å². The van der Waals surface area contributed by atoms with Crippen molar-refractivity contribution in [3.63, 3.8) is 0 Å². The molecule has 0 saturated heterocycles. The van der Waals surface area contributed by atoms with E-state index in [0.717, 1.165) is 13.1 Å². The Kier molecular flexibility index (Phi) is 7.98. The Bertz CT molecular complexity index is 120. The van der Waals surface area contributed by atoms with Crippen molar-refractivity contribution in [2.75, 3.05) is 13.1 Å². The molecule has 0 aliphatic rings. The minimum absolute atomic E-state index is 0.0378. The van der Waals surface area contributed by atoms with Crippen LogP contribution in [0.1, 0.15) is 26.2 Å². The molecule has 0 aliphatic heterocycles. The van der Waals surface area contributed by atoms with E-state index in [2.05, 4.69) is 34.2 Å². The molecule has 0 fully saturated rings. The maximum Gasteiger partial charge on any atom is 0.114 e. The van der Waals surface area contributed by atoms with Crippen LogP contribution < -0.4 is 5.32 Å². The van der Waals surface area contributed by atoms with Crippen molar-refractivity contribution < 1.29 is 0 Å². The molecule has 0 aromatic carbocycles. The number of nitrogens with zero attached hydrogens (tertiary/aromatic N) is 1. The maximum absolute atomic E-state index is 8.40. The molecule has 1 N–H and O–H groups in total. The molecule has 0 heterocycles. The first-order chi connectivity index (χ1) is 5.31. The van der Waals surface area contributed by atoms with Crippen molar-refractivity contribution in [1.29, 1.82) is 5.26 Å². The van der Waals surface area contributed by atoms with Gasteiger partial charge in [0.1, 0.15) is 4.83 Å². The highest BCUT2D eigenvalue weighted by Crippen LogP contribution is 1.95. The van der Waals surface area contributed by atoms with E-state index in [1.807, 2.05) is 0 Å². The van der Waals surface area contributed by atoms with Crippen LogP contribution in [0.15, 0.2) is 0 Å². The molecule has 1 atom stereocenters. The van der Waals surface area contributed by atoms with Crippen molar-refractivity contribution in [2.24, 2.45) is 0 Å². The number of alkyl halides is 1. The molecule has 2 nitrogen and oxygen atoms in total. The second kappa shape index (κ2) is 8.03. The van der Waals surface area contributed by atoms with E-state index < -0.39 is 0 Å². The number of unbranched alkanes of at least 4 members (excludes halogenated alkanes) is 2. The van der Waals surface area contributed by atoms with Crippen LogP contribution in [-0.4, -0.2) is 17.9 Å². The van der Waals surface area contributed by atoms with Crippen LogP contribution >= 0.6 is 15.9 Å². The third kappa shape index (κ3) is 7.83. The zero-order chi connectivity index (χ0) is 8.53. The second-order valence-electron chi connectivity index (χ2n) is 2.51. The van der Waals surface area contributed by atoms with Gasteiger partial charge in [-0.15, -0.1) is 0 Å². The second-order valence-corrected chi connectivity index (χ2v) is 3.61. The van der Waals surface area contributed by atoms with Gasteiger partial charge in [0.25, 0.3) is 0 Å². The lowest BCUT2D eigenvalue weighted by Gasteiger charge is -2.02. The van der Waals surface area contributed by atoms with Gasteiger partial charge < -0.3 is 5.32 Å². The van der Waals surface area contributed by atoms with Crippen molar-refractivity contribution in [1.82, 2.24) is 5.32 Å². The Morgan fingerprint density at radius 3 is 2.82 bits per heavy atom. The van der Waals surface area contributed by atoms with E-state index in [0.29, 0.717) is 0 Å². The van der Waals surface area contributed by atoms with E-state index in [1.54, 1.807) is 0 Å². The fourth-order valence-electron chi connectivity index (χ4n) is 0.774. The summed E-state index contributed by atoms with van der Waals surface area (Å²) in [5.41, 5.74) is 0. The highest BCUT2D eigenvalue weighted by Gasteiger charge is 1.98. The van der Waals surface area contributed by atoms with E-state index in [4.69, 9.17) is 5.26 Å². The summed E-state index contributed by atoms with van der Waals surface area (Å²) >= 11 is 3.22. The van der Waals surface area contributed by atoms with Crippen LogP contribution in [0, 0.1) is 11.3 Å². The number of halogens is 1. The number of hydrogen-bond donors (Lipinski definition) is 1. The van der Waals surface area contributed by atoms with Crippen molar-refractivity contribution in [3.05, 3.63) is 0 Å². The van der Waals surface area contributed by atoms with Crippen LogP contribution in [-0.2, 0) is 0 Å². The van der Waals surface area contributed by atoms with Gasteiger partial charge in [-0.3, -0.25) is 0 Å². The predicted octanol–water partition coefficient (Wildman–Crippen LogP) is 2.05. The fourth-order valence-corrected chi connectivity index (χ4v) is 1.00. The lowest BCUT2D eigenvalue weighted by Crippen LogP contribution is -2.22. The van der Waals surface area contributed by atoms with Gasteiger partial charge >= 0.3 is 0 Å². The average molecular weight is 219 g/mol. The summed E-state index contributed by atoms with van der Waals surface area (Å²) < 4.78 is 0. The third-order valence-electron chi connectivity index (χ3n) is 1.42. The largest absolute Gasteiger partial charge is 0.315 e. The van der Waals surface area contributed by atoms with E-state index >= 15 is 0 Å². The van der Waals surface area contributed by atoms with Crippen LogP contribution in [0.2, 0.25) is 0 Å². The maximum atomic E-state index is 8.40. The van der Waals surface area contributed by atoms with Crippen LogP contribution in [0.25, 0.3) is 0 Å². The normalized spacial score (nSPS) is 12.5. The molecule has 0 spiro atoms. The third-order valence-corrected chi connectivity index (χ3v) is 1.95. The van der Waals surface area contributed by atoms with Crippen molar-refractivity contribution >= 4 is 15.9 Å². The van der Waals surface area contributed by atoms with Crippen molar-refractivity contribution in [2.45, 2.75) is 31.0 Å². The summed E-state index contributed by atoms with van der Waals surface area (Å²) in [4.78, 5) is -0.0378. The Labute approximate surface area is 77.1 Å². The zero-order valence-electron chi connectivity index (χ0n) is 6.94. The van der Waals surface area contributed by atoms with Gasteiger partial charge in [-0.2, -0.15) is 5.26 Å². The summed E-state index contributed by atoms with van der Waals surface area (Å²) in [7, 11) is 0. The number of rotatable bonds is 6.